The maximum absolute atomic E-state index is 12.0. The molecule has 1 fully saturated rings. The second-order valence-corrected chi connectivity index (χ2v) is 7.59. The molecule has 2 aromatic rings. The molecule has 29 heavy (non-hydrogen) atoms. The highest BCUT2D eigenvalue weighted by molar-refractivity contribution is 6.42. The summed E-state index contributed by atoms with van der Waals surface area (Å²) in [7, 11) is 0. The predicted octanol–water partition coefficient (Wildman–Crippen LogP) is 3.57. The quantitative estimate of drug-likeness (QED) is 0.619. The average molecular weight is 438 g/mol. The lowest BCUT2D eigenvalue weighted by molar-refractivity contribution is -0.0287. The van der Waals surface area contributed by atoms with E-state index in [1.807, 2.05) is 48.5 Å². The SMILES string of the molecule is O=C(NCCOc1ccccc1)NC[C@H]1CN(Cc2ccc(Cl)c(Cl)c2)CCO1. The van der Waals surface area contributed by atoms with Gasteiger partial charge >= 0.3 is 6.03 Å². The molecule has 8 heteroatoms. The summed E-state index contributed by atoms with van der Waals surface area (Å²) >= 11 is 12.1. The van der Waals surface area contributed by atoms with E-state index in [-0.39, 0.29) is 12.1 Å². The van der Waals surface area contributed by atoms with Crippen LogP contribution in [-0.4, -0.2) is 56.4 Å². The second-order valence-electron chi connectivity index (χ2n) is 6.77. The smallest absolute Gasteiger partial charge is 0.315 e. The number of carbonyl (C=O) groups excluding carboxylic acids is 1. The van der Waals surface area contributed by atoms with E-state index >= 15 is 0 Å². The first kappa shape index (κ1) is 21.7. The number of ether oxygens (including phenoxy) is 2. The number of hydrogen-bond donors (Lipinski definition) is 2. The monoisotopic (exact) mass is 437 g/mol. The number of hydrogen-bond acceptors (Lipinski definition) is 4. The zero-order valence-electron chi connectivity index (χ0n) is 16.1. The fraction of sp³-hybridized carbons (Fsp3) is 0.381. The number of halogens is 2. The van der Waals surface area contributed by atoms with Gasteiger partial charge in [-0.05, 0) is 29.8 Å². The molecule has 0 radical (unpaired) electrons. The third-order valence-electron chi connectivity index (χ3n) is 4.50. The van der Waals surface area contributed by atoms with Gasteiger partial charge in [-0.1, -0.05) is 47.5 Å². The van der Waals surface area contributed by atoms with Crippen LogP contribution < -0.4 is 15.4 Å². The highest BCUT2D eigenvalue weighted by Crippen LogP contribution is 2.23. The van der Waals surface area contributed by atoms with Crippen molar-refractivity contribution in [2.24, 2.45) is 0 Å². The van der Waals surface area contributed by atoms with Crippen LogP contribution in [0.4, 0.5) is 4.79 Å². The zero-order chi connectivity index (χ0) is 20.5. The number of nitrogens with one attached hydrogen (secondary N) is 2. The third kappa shape index (κ3) is 7.40. The number of morpholine rings is 1. The minimum Gasteiger partial charge on any atom is -0.492 e. The summed E-state index contributed by atoms with van der Waals surface area (Å²) in [6, 6.07) is 14.9. The lowest BCUT2D eigenvalue weighted by atomic mass is 10.2. The van der Waals surface area contributed by atoms with Gasteiger partial charge in [-0.15, -0.1) is 0 Å². The summed E-state index contributed by atoms with van der Waals surface area (Å²) in [6.45, 7) is 4.24. The van der Waals surface area contributed by atoms with E-state index in [0.29, 0.717) is 36.3 Å². The lowest BCUT2D eigenvalue weighted by Gasteiger charge is -2.33. The Hall–Kier alpha value is -1.99. The maximum atomic E-state index is 12.0. The summed E-state index contributed by atoms with van der Waals surface area (Å²) in [5, 5.41) is 6.75. The highest BCUT2D eigenvalue weighted by atomic mass is 35.5. The van der Waals surface area contributed by atoms with Crippen LogP contribution in [0, 0.1) is 0 Å². The van der Waals surface area contributed by atoms with Crippen LogP contribution in [0.5, 0.6) is 5.75 Å². The van der Waals surface area contributed by atoms with E-state index in [1.54, 1.807) is 0 Å². The van der Waals surface area contributed by atoms with Gasteiger partial charge < -0.3 is 20.1 Å². The third-order valence-corrected chi connectivity index (χ3v) is 5.24. The van der Waals surface area contributed by atoms with Crippen molar-refractivity contribution in [1.82, 2.24) is 15.5 Å². The van der Waals surface area contributed by atoms with E-state index in [1.165, 1.54) is 0 Å². The van der Waals surface area contributed by atoms with Crippen LogP contribution in [0.3, 0.4) is 0 Å². The van der Waals surface area contributed by atoms with Crippen molar-refractivity contribution in [2.75, 3.05) is 39.4 Å². The van der Waals surface area contributed by atoms with Crippen molar-refractivity contribution in [1.29, 1.82) is 0 Å². The van der Waals surface area contributed by atoms with Crippen LogP contribution in [0.2, 0.25) is 10.0 Å². The molecule has 0 spiro atoms. The first-order valence-corrected chi connectivity index (χ1v) is 10.3. The predicted molar refractivity (Wildman–Crippen MR) is 115 cm³/mol. The van der Waals surface area contributed by atoms with Crippen molar-refractivity contribution in [2.45, 2.75) is 12.6 Å². The van der Waals surface area contributed by atoms with Crippen molar-refractivity contribution < 1.29 is 14.3 Å². The molecule has 0 saturated carbocycles. The number of para-hydroxylation sites is 1. The normalized spacial score (nSPS) is 17.0. The fourth-order valence-electron chi connectivity index (χ4n) is 3.06. The van der Waals surface area contributed by atoms with Gasteiger partial charge in [0.15, 0.2) is 0 Å². The van der Waals surface area contributed by atoms with Crippen molar-refractivity contribution in [3.63, 3.8) is 0 Å². The molecule has 6 nitrogen and oxygen atoms in total. The summed E-state index contributed by atoms with van der Waals surface area (Å²) < 4.78 is 11.3. The van der Waals surface area contributed by atoms with Crippen molar-refractivity contribution in [3.05, 3.63) is 64.1 Å². The molecule has 1 saturated heterocycles. The Labute approximate surface area is 181 Å². The molecule has 2 N–H and O–H groups in total. The topological polar surface area (TPSA) is 62.8 Å². The molecule has 1 atom stereocenters. The number of rotatable bonds is 8. The van der Waals surface area contributed by atoms with Gasteiger partial charge in [-0.2, -0.15) is 0 Å². The Bertz CT molecular complexity index is 792. The first-order chi connectivity index (χ1) is 14.1. The van der Waals surface area contributed by atoms with E-state index in [0.717, 1.165) is 30.9 Å². The molecule has 1 aliphatic rings. The zero-order valence-corrected chi connectivity index (χ0v) is 17.6. The largest absolute Gasteiger partial charge is 0.492 e. The van der Waals surface area contributed by atoms with Gasteiger partial charge in [0.1, 0.15) is 12.4 Å². The van der Waals surface area contributed by atoms with Gasteiger partial charge in [-0.3, -0.25) is 4.90 Å². The molecular weight excluding hydrogens is 413 g/mol. The Morgan fingerprint density at radius 2 is 1.97 bits per heavy atom. The van der Waals surface area contributed by atoms with Crippen molar-refractivity contribution >= 4 is 29.2 Å². The minimum atomic E-state index is -0.230. The minimum absolute atomic E-state index is 0.0576. The van der Waals surface area contributed by atoms with Gasteiger partial charge in [0.25, 0.3) is 0 Å². The summed E-state index contributed by atoms with van der Waals surface area (Å²) in [6.07, 6.45) is -0.0576. The molecule has 0 bridgehead atoms. The highest BCUT2D eigenvalue weighted by Gasteiger charge is 2.21. The maximum Gasteiger partial charge on any atom is 0.315 e. The molecule has 0 aromatic heterocycles. The number of nitrogens with zero attached hydrogens (tertiary/aromatic N) is 1. The molecule has 2 amide bonds. The summed E-state index contributed by atoms with van der Waals surface area (Å²) in [5.41, 5.74) is 1.10. The molecule has 0 unspecified atom stereocenters. The first-order valence-electron chi connectivity index (χ1n) is 9.57. The van der Waals surface area contributed by atoms with E-state index < -0.39 is 0 Å². The van der Waals surface area contributed by atoms with Gasteiger partial charge in [0.05, 0.1) is 29.3 Å². The Kier molecular flexibility index (Phi) is 8.43. The molecule has 2 aromatic carbocycles. The Balaban J connectivity index is 1.33. The molecule has 1 aliphatic heterocycles. The molecule has 0 aliphatic carbocycles. The van der Waals surface area contributed by atoms with Gasteiger partial charge in [0.2, 0.25) is 0 Å². The Morgan fingerprint density at radius 3 is 2.76 bits per heavy atom. The van der Waals surface area contributed by atoms with Crippen LogP contribution in [0.1, 0.15) is 5.56 Å². The molecular formula is C21H25Cl2N3O3. The number of benzene rings is 2. The Morgan fingerprint density at radius 1 is 1.14 bits per heavy atom. The van der Waals surface area contributed by atoms with E-state index in [2.05, 4.69) is 15.5 Å². The summed E-state index contributed by atoms with van der Waals surface area (Å²) in [5.74, 6) is 0.785. The number of urea groups is 1. The lowest BCUT2D eigenvalue weighted by Crippen LogP contribution is -2.49. The van der Waals surface area contributed by atoms with E-state index in [9.17, 15) is 4.79 Å². The standard InChI is InChI=1S/C21H25Cl2N3O3/c22-19-7-6-16(12-20(19)23)14-26-9-11-29-18(15-26)13-25-21(27)24-8-10-28-17-4-2-1-3-5-17/h1-7,12,18H,8-11,13-15H2,(H2,24,25,27)/t18-/m0/s1. The van der Waals surface area contributed by atoms with Gasteiger partial charge in [0, 0.05) is 26.2 Å². The molecule has 1 heterocycles. The van der Waals surface area contributed by atoms with Crippen LogP contribution in [0.15, 0.2) is 48.5 Å². The second kappa shape index (κ2) is 11.3. The molecule has 3 rings (SSSR count). The number of carbonyl (C=O) groups is 1. The van der Waals surface area contributed by atoms with Gasteiger partial charge in [-0.25, -0.2) is 4.79 Å². The van der Waals surface area contributed by atoms with E-state index in [4.69, 9.17) is 32.7 Å². The fourth-order valence-corrected chi connectivity index (χ4v) is 3.38. The van der Waals surface area contributed by atoms with Crippen LogP contribution >= 0.6 is 23.2 Å². The molecule has 156 valence electrons. The van der Waals surface area contributed by atoms with Crippen LogP contribution in [0.25, 0.3) is 0 Å². The average Bonchev–Trinajstić information content (AvgIpc) is 2.73. The van der Waals surface area contributed by atoms with Crippen LogP contribution in [-0.2, 0) is 11.3 Å². The number of amides is 2. The van der Waals surface area contributed by atoms with Crippen molar-refractivity contribution in [3.8, 4) is 5.75 Å². The summed E-state index contributed by atoms with van der Waals surface area (Å²) in [4.78, 5) is 14.2.